The molecule has 0 aliphatic heterocycles. The van der Waals surface area contributed by atoms with E-state index in [1.165, 1.54) is 18.2 Å². The van der Waals surface area contributed by atoms with Crippen LogP contribution < -0.4 is 11.5 Å². The topological polar surface area (TPSA) is 169 Å². The number of nitro groups is 1. The molecule has 1 heterocycles. The minimum absolute atomic E-state index is 0.0814. The maximum atomic E-state index is 11.4. The monoisotopic (exact) mass is 350 g/mol. The Morgan fingerprint density at radius 2 is 1.73 bits per heavy atom. The Bertz CT molecular complexity index is 1040. The molecule has 6 N–H and O–H groups in total. The molecule has 2 aromatic carbocycles. The van der Waals surface area contributed by atoms with E-state index < -0.39 is 4.92 Å². The molecular formula is C17H14N6O3. The van der Waals surface area contributed by atoms with Gasteiger partial charge in [0.05, 0.1) is 10.5 Å². The van der Waals surface area contributed by atoms with E-state index in [2.05, 4.69) is 5.16 Å². The number of nitrogens with one attached hydrogen (secondary N) is 2. The van der Waals surface area contributed by atoms with Crippen molar-refractivity contribution in [2.45, 2.75) is 0 Å². The van der Waals surface area contributed by atoms with Gasteiger partial charge in [0.15, 0.2) is 5.76 Å². The van der Waals surface area contributed by atoms with Crippen molar-refractivity contribution in [2.75, 3.05) is 0 Å². The summed E-state index contributed by atoms with van der Waals surface area (Å²) in [5, 5.41) is 30.2. The zero-order valence-electron chi connectivity index (χ0n) is 13.4. The highest BCUT2D eigenvalue weighted by molar-refractivity contribution is 5.97. The summed E-state index contributed by atoms with van der Waals surface area (Å²) < 4.78 is 5.30. The number of nitrogens with two attached hydrogens (primary N) is 2. The van der Waals surface area contributed by atoms with Gasteiger partial charge >= 0.3 is 0 Å². The first-order valence-electron chi connectivity index (χ1n) is 7.41. The van der Waals surface area contributed by atoms with E-state index in [9.17, 15) is 10.1 Å². The van der Waals surface area contributed by atoms with Crippen molar-refractivity contribution in [3.05, 3.63) is 69.8 Å². The van der Waals surface area contributed by atoms with E-state index >= 15 is 0 Å². The first-order chi connectivity index (χ1) is 12.4. The fraction of sp³-hybridized carbons (Fsp3) is 0. The number of nitrogen functional groups attached to an aromatic ring is 2. The third kappa shape index (κ3) is 3.13. The van der Waals surface area contributed by atoms with Gasteiger partial charge in [-0.3, -0.25) is 20.9 Å². The summed E-state index contributed by atoms with van der Waals surface area (Å²) in [6.45, 7) is 0. The van der Waals surface area contributed by atoms with Gasteiger partial charge in [0.1, 0.15) is 17.4 Å². The van der Waals surface area contributed by atoms with Crippen LogP contribution in [0.2, 0.25) is 0 Å². The highest BCUT2D eigenvalue weighted by atomic mass is 16.6. The van der Waals surface area contributed by atoms with Crippen LogP contribution >= 0.6 is 0 Å². The molecule has 3 rings (SSSR count). The zero-order valence-corrected chi connectivity index (χ0v) is 13.4. The third-order valence-electron chi connectivity index (χ3n) is 3.75. The largest absolute Gasteiger partial charge is 0.384 e. The normalized spacial score (nSPS) is 10.5. The second-order valence-corrected chi connectivity index (χ2v) is 5.47. The molecule has 0 amide bonds. The van der Waals surface area contributed by atoms with Crippen LogP contribution in [0.4, 0.5) is 5.69 Å². The Hall–Kier alpha value is -4.01. The maximum absolute atomic E-state index is 11.4. The van der Waals surface area contributed by atoms with Crippen LogP contribution in [0.5, 0.6) is 0 Å². The molecule has 0 aliphatic rings. The SMILES string of the molecule is N=C(N)c1cccc(-c2cc(-c3ccc(C(=N)N)cc3[N+](=O)[O-])no2)c1. The fourth-order valence-corrected chi connectivity index (χ4v) is 2.45. The number of hydrogen-bond donors (Lipinski definition) is 4. The van der Waals surface area contributed by atoms with Crippen molar-refractivity contribution >= 4 is 17.4 Å². The van der Waals surface area contributed by atoms with E-state index in [4.69, 9.17) is 26.8 Å². The van der Waals surface area contributed by atoms with E-state index in [0.717, 1.165) is 0 Å². The number of hydrogen-bond acceptors (Lipinski definition) is 6. The smallest absolute Gasteiger partial charge is 0.279 e. The average Bonchev–Trinajstić information content (AvgIpc) is 3.11. The highest BCUT2D eigenvalue weighted by Crippen LogP contribution is 2.33. The molecule has 0 saturated heterocycles. The average molecular weight is 350 g/mol. The molecule has 0 unspecified atom stereocenters. The van der Waals surface area contributed by atoms with Gasteiger partial charge in [-0.15, -0.1) is 0 Å². The molecule has 26 heavy (non-hydrogen) atoms. The molecule has 3 aromatic rings. The zero-order chi connectivity index (χ0) is 18.8. The minimum atomic E-state index is -0.563. The van der Waals surface area contributed by atoms with Crippen LogP contribution in [0.15, 0.2) is 53.1 Å². The van der Waals surface area contributed by atoms with E-state index in [-0.39, 0.29) is 34.2 Å². The lowest BCUT2D eigenvalue weighted by atomic mass is 10.0. The number of rotatable bonds is 5. The van der Waals surface area contributed by atoms with Crippen molar-refractivity contribution in [1.82, 2.24) is 5.16 Å². The molecule has 0 spiro atoms. The van der Waals surface area contributed by atoms with Crippen LogP contribution in [0.25, 0.3) is 22.6 Å². The first kappa shape index (κ1) is 16.8. The lowest BCUT2D eigenvalue weighted by Crippen LogP contribution is -2.11. The Labute approximate surface area is 147 Å². The van der Waals surface area contributed by atoms with Crippen molar-refractivity contribution in [1.29, 1.82) is 10.8 Å². The van der Waals surface area contributed by atoms with E-state index in [1.54, 1.807) is 30.3 Å². The summed E-state index contributed by atoms with van der Waals surface area (Å²) in [6.07, 6.45) is 0. The molecule has 0 atom stereocenters. The Kier molecular flexibility index (Phi) is 4.19. The summed E-state index contributed by atoms with van der Waals surface area (Å²) in [7, 11) is 0. The number of nitrogens with zero attached hydrogens (tertiary/aromatic N) is 2. The lowest BCUT2D eigenvalue weighted by molar-refractivity contribution is -0.384. The quantitative estimate of drug-likeness (QED) is 0.238. The van der Waals surface area contributed by atoms with Crippen LogP contribution in [0.3, 0.4) is 0 Å². The second kappa shape index (κ2) is 6.48. The summed E-state index contributed by atoms with van der Waals surface area (Å²) in [5.41, 5.74) is 12.6. The summed E-state index contributed by atoms with van der Waals surface area (Å²) in [5.74, 6) is 0.0385. The van der Waals surface area contributed by atoms with Gasteiger partial charge in [0, 0.05) is 28.8 Å². The highest BCUT2D eigenvalue weighted by Gasteiger charge is 2.20. The van der Waals surface area contributed by atoms with Crippen LogP contribution in [-0.4, -0.2) is 21.8 Å². The molecule has 1 aromatic heterocycles. The van der Waals surface area contributed by atoms with Crippen molar-refractivity contribution in [3.63, 3.8) is 0 Å². The predicted octanol–water partition coefficient (Wildman–Crippen LogP) is 2.48. The number of nitro benzene ring substituents is 1. The third-order valence-corrected chi connectivity index (χ3v) is 3.75. The van der Waals surface area contributed by atoms with Crippen LogP contribution in [-0.2, 0) is 0 Å². The first-order valence-corrected chi connectivity index (χ1v) is 7.41. The van der Waals surface area contributed by atoms with Gasteiger partial charge in [-0.1, -0.05) is 29.4 Å². The Balaban J connectivity index is 2.05. The minimum Gasteiger partial charge on any atom is -0.384 e. The molecule has 9 nitrogen and oxygen atoms in total. The molecule has 0 aliphatic carbocycles. The molecule has 0 bridgehead atoms. The van der Waals surface area contributed by atoms with Gasteiger partial charge in [-0.25, -0.2) is 0 Å². The van der Waals surface area contributed by atoms with Gasteiger partial charge in [-0.2, -0.15) is 0 Å². The van der Waals surface area contributed by atoms with Crippen molar-refractivity contribution in [3.8, 4) is 22.6 Å². The van der Waals surface area contributed by atoms with Crippen molar-refractivity contribution < 1.29 is 9.45 Å². The second-order valence-electron chi connectivity index (χ2n) is 5.47. The Morgan fingerprint density at radius 3 is 2.38 bits per heavy atom. The lowest BCUT2D eigenvalue weighted by Gasteiger charge is -2.02. The fourth-order valence-electron chi connectivity index (χ4n) is 2.45. The van der Waals surface area contributed by atoms with Gasteiger partial charge in [0.2, 0.25) is 0 Å². The standard InChI is InChI=1S/C17H14N6O3/c18-16(19)10-3-1-2-9(6-10)15-8-13(22-26-15)12-5-4-11(17(20)21)7-14(12)23(24)25/h1-8H,(H3,18,19)(H3,20,21). The van der Waals surface area contributed by atoms with Gasteiger partial charge < -0.3 is 16.0 Å². The van der Waals surface area contributed by atoms with Crippen molar-refractivity contribution in [2.24, 2.45) is 11.5 Å². The molecular weight excluding hydrogens is 336 g/mol. The number of aromatic nitrogens is 1. The van der Waals surface area contributed by atoms with Gasteiger partial charge in [-0.05, 0) is 12.1 Å². The Morgan fingerprint density at radius 1 is 1.04 bits per heavy atom. The maximum Gasteiger partial charge on any atom is 0.279 e. The summed E-state index contributed by atoms with van der Waals surface area (Å²) in [6, 6.07) is 12.6. The molecule has 130 valence electrons. The summed E-state index contributed by atoms with van der Waals surface area (Å²) >= 11 is 0. The van der Waals surface area contributed by atoms with E-state index in [1.807, 2.05) is 0 Å². The number of benzene rings is 2. The molecule has 0 radical (unpaired) electrons. The number of amidine groups is 2. The molecule has 0 fully saturated rings. The van der Waals surface area contributed by atoms with E-state index in [0.29, 0.717) is 16.9 Å². The van der Waals surface area contributed by atoms with Gasteiger partial charge in [0.25, 0.3) is 5.69 Å². The molecule has 9 heteroatoms. The van der Waals surface area contributed by atoms with Crippen LogP contribution in [0.1, 0.15) is 11.1 Å². The summed E-state index contributed by atoms with van der Waals surface area (Å²) in [4.78, 5) is 10.8. The molecule has 0 saturated carbocycles. The predicted molar refractivity (Wildman–Crippen MR) is 96.1 cm³/mol. The van der Waals surface area contributed by atoms with Crippen LogP contribution in [0, 0.1) is 20.9 Å².